The summed E-state index contributed by atoms with van der Waals surface area (Å²) in [6.07, 6.45) is 9.34. The molecule has 1 amide bonds. The van der Waals surface area contributed by atoms with E-state index in [1.807, 2.05) is 35.0 Å². The number of rotatable bonds is 6. The van der Waals surface area contributed by atoms with Crippen molar-refractivity contribution in [1.82, 2.24) is 15.1 Å². The fourth-order valence-electron chi connectivity index (χ4n) is 4.82. The van der Waals surface area contributed by atoms with Crippen LogP contribution in [0, 0.1) is 5.92 Å². The fraction of sp³-hybridized carbons (Fsp3) is 0.565. The summed E-state index contributed by atoms with van der Waals surface area (Å²) in [5, 5.41) is 14.6. The number of amides is 1. The lowest BCUT2D eigenvalue weighted by atomic mass is 9.78. The minimum Gasteiger partial charge on any atom is -0.383 e. The molecule has 156 valence electrons. The molecule has 0 radical (unpaired) electrons. The van der Waals surface area contributed by atoms with Gasteiger partial charge in [0.05, 0.1) is 11.7 Å². The summed E-state index contributed by atoms with van der Waals surface area (Å²) in [5.74, 6) is 1.51. The summed E-state index contributed by atoms with van der Waals surface area (Å²) < 4.78 is 2.00. The van der Waals surface area contributed by atoms with Gasteiger partial charge in [-0.3, -0.25) is 4.79 Å². The molecule has 0 bridgehead atoms. The van der Waals surface area contributed by atoms with E-state index < -0.39 is 0 Å². The summed E-state index contributed by atoms with van der Waals surface area (Å²) in [7, 11) is 0. The second-order valence-electron chi connectivity index (χ2n) is 9.03. The monoisotopic (exact) mass is 395 g/mol. The van der Waals surface area contributed by atoms with Gasteiger partial charge in [-0.25, -0.2) is 4.68 Å². The number of carbonyl (C=O) groups is 1. The van der Waals surface area contributed by atoms with Crippen LogP contribution in [0.25, 0.3) is 0 Å². The minimum atomic E-state index is -0.0872. The molecule has 29 heavy (non-hydrogen) atoms. The minimum absolute atomic E-state index is 0.0614. The van der Waals surface area contributed by atoms with Crippen LogP contribution in [0.15, 0.2) is 36.5 Å². The molecule has 1 atom stereocenters. The summed E-state index contributed by atoms with van der Waals surface area (Å²) in [5.41, 5.74) is 1.62. The molecule has 2 heterocycles. The molecule has 2 aliphatic rings. The van der Waals surface area contributed by atoms with E-state index in [1.54, 1.807) is 6.20 Å². The smallest absolute Gasteiger partial charge is 0.256 e. The Labute approximate surface area is 173 Å². The molecule has 0 spiro atoms. The number of hydrogen-bond donors (Lipinski definition) is 3. The summed E-state index contributed by atoms with van der Waals surface area (Å²) >= 11 is 0. The number of carbonyl (C=O) groups excluding carboxylic acids is 1. The Kier molecular flexibility index (Phi) is 5.79. The Balaban J connectivity index is 1.40. The topological polar surface area (TPSA) is 71.0 Å². The van der Waals surface area contributed by atoms with Crippen LogP contribution in [-0.4, -0.2) is 34.8 Å². The highest BCUT2D eigenvalue weighted by molar-refractivity contribution is 5.98. The molecular weight excluding hydrogens is 362 g/mol. The Morgan fingerprint density at radius 3 is 2.69 bits per heavy atom. The highest BCUT2D eigenvalue weighted by Crippen LogP contribution is 2.39. The molecule has 6 nitrogen and oxygen atoms in total. The van der Waals surface area contributed by atoms with Gasteiger partial charge in [0, 0.05) is 24.8 Å². The highest BCUT2D eigenvalue weighted by atomic mass is 16.1. The van der Waals surface area contributed by atoms with E-state index in [0.717, 1.165) is 17.9 Å². The zero-order chi connectivity index (χ0) is 20.3. The maximum atomic E-state index is 12.9. The number of aromatic nitrogens is 2. The first-order valence-corrected chi connectivity index (χ1v) is 11.0. The summed E-state index contributed by atoms with van der Waals surface area (Å²) in [6, 6.07) is 10.4. The van der Waals surface area contributed by atoms with E-state index >= 15 is 0 Å². The third-order valence-corrected chi connectivity index (χ3v) is 6.36. The average Bonchev–Trinajstić information content (AvgIpc) is 3.17. The zero-order valence-corrected chi connectivity index (χ0v) is 17.6. The molecule has 1 aromatic heterocycles. The number of nitrogens with one attached hydrogen (secondary N) is 3. The quantitative estimate of drug-likeness (QED) is 0.640. The molecule has 1 aliphatic carbocycles. The van der Waals surface area contributed by atoms with Gasteiger partial charge in [-0.05, 0) is 51.2 Å². The first-order valence-electron chi connectivity index (χ1n) is 11.0. The molecule has 3 N–H and O–H groups in total. The zero-order valence-electron chi connectivity index (χ0n) is 17.6. The number of nitrogens with zero attached hydrogens (tertiary/aromatic N) is 2. The average molecular weight is 396 g/mol. The van der Waals surface area contributed by atoms with E-state index in [0.29, 0.717) is 30.6 Å². The SMILES string of the molecule is CC1(C)CC(C2CCCCC2)Nc2c(C(=O)NCCNc3ccccc3)cnn21. The second kappa shape index (κ2) is 8.47. The number of benzene rings is 1. The van der Waals surface area contributed by atoms with E-state index in [4.69, 9.17) is 0 Å². The third-order valence-electron chi connectivity index (χ3n) is 6.36. The Hall–Kier alpha value is -2.50. The van der Waals surface area contributed by atoms with Crippen molar-refractivity contribution < 1.29 is 4.79 Å². The second-order valence-corrected chi connectivity index (χ2v) is 9.03. The van der Waals surface area contributed by atoms with Gasteiger partial charge in [0.15, 0.2) is 0 Å². The van der Waals surface area contributed by atoms with Gasteiger partial charge in [-0.2, -0.15) is 5.10 Å². The molecule has 1 fully saturated rings. The summed E-state index contributed by atoms with van der Waals surface area (Å²) in [4.78, 5) is 12.9. The van der Waals surface area contributed by atoms with E-state index in [1.165, 1.54) is 32.1 Å². The maximum absolute atomic E-state index is 12.9. The molecule has 1 aliphatic heterocycles. The Morgan fingerprint density at radius 1 is 1.17 bits per heavy atom. The standard InChI is InChI=1S/C23H33N5O/c1-23(2)15-20(17-9-5-3-6-10-17)27-21-19(16-26-28(21)23)22(29)25-14-13-24-18-11-7-4-8-12-18/h4,7-8,11-12,16-17,20,24,27H,3,5-6,9-10,13-15H2,1-2H3,(H,25,29). The Bertz CT molecular complexity index is 823. The van der Waals surface area contributed by atoms with Gasteiger partial charge in [0.2, 0.25) is 0 Å². The molecule has 4 rings (SSSR count). The molecule has 1 unspecified atom stereocenters. The van der Waals surface area contributed by atoms with Crippen LogP contribution in [0.1, 0.15) is 62.7 Å². The van der Waals surface area contributed by atoms with Crippen molar-refractivity contribution in [1.29, 1.82) is 0 Å². The molecule has 0 saturated heterocycles. The van der Waals surface area contributed by atoms with E-state index in [9.17, 15) is 4.79 Å². The van der Waals surface area contributed by atoms with Crippen LogP contribution in [0.4, 0.5) is 11.5 Å². The van der Waals surface area contributed by atoms with Gasteiger partial charge < -0.3 is 16.0 Å². The molecule has 1 saturated carbocycles. The number of anilines is 2. The van der Waals surface area contributed by atoms with Gasteiger partial charge in [0.1, 0.15) is 11.4 Å². The fourth-order valence-corrected chi connectivity index (χ4v) is 4.82. The number of para-hydroxylation sites is 1. The molecule has 1 aromatic carbocycles. The maximum Gasteiger partial charge on any atom is 0.256 e. The van der Waals surface area contributed by atoms with Crippen LogP contribution < -0.4 is 16.0 Å². The lowest BCUT2D eigenvalue weighted by Gasteiger charge is -2.42. The van der Waals surface area contributed by atoms with Crippen LogP contribution in [-0.2, 0) is 5.54 Å². The number of fused-ring (bicyclic) bond motifs is 1. The van der Waals surface area contributed by atoms with Crippen LogP contribution in [0.3, 0.4) is 0 Å². The van der Waals surface area contributed by atoms with E-state index in [2.05, 4.69) is 34.9 Å². The summed E-state index contributed by atoms with van der Waals surface area (Å²) in [6.45, 7) is 5.70. The molecule has 2 aromatic rings. The van der Waals surface area contributed by atoms with Crippen molar-refractivity contribution in [2.24, 2.45) is 5.92 Å². The van der Waals surface area contributed by atoms with Crippen molar-refractivity contribution in [3.63, 3.8) is 0 Å². The molecule has 6 heteroatoms. The number of hydrogen-bond acceptors (Lipinski definition) is 4. The van der Waals surface area contributed by atoms with Gasteiger partial charge in [-0.1, -0.05) is 37.5 Å². The normalized spacial score (nSPS) is 21.1. The van der Waals surface area contributed by atoms with Crippen molar-refractivity contribution in [2.45, 2.75) is 64.0 Å². The van der Waals surface area contributed by atoms with Crippen LogP contribution in [0.5, 0.6) is 0 Å². The first kappa shape index (κ1) is 19.8. The lowest BCUT2D eigenvalue weighted by Crippen LogP contribution is -2.46. The largest absolute Gasteiger partial charge is 0.383 e. The van der Waals surface area contributed by atoms with Crippen molar-refractivity contribution in [2.75, 3.05) is 23.7 Å². The van der Waals surface area contributed by atoms with Gasteiger partial charge in [-0.15, -0.1) is 0 Å². The molecular formula is C23H33N5O. The predicted octanol–water partition coefficient (Wildman–Crippen LogP) is 4.22. The van der Waals surface area contributed by atoms with E-state index in [-0.39, 0.29) is 11.4 Å². The first-order chi connectivity index (χ1) is 14.0. The van der Waals surface area contributed by atoms with Crippen molar-refractivity contribution in [3.05, 3.63) is 42.1 Å². The lowest BCUT2D eigenvalue weighted by molar-refractivity contribution is 0.0955. The predicted molar refractivity (Wildman–Crippen MR) is 117 cm³/mol. The Morgan fingerprint density at radius 2 is 1.93 bits per heavy atom. The van der Waals surface area contributed by atoms with Crippen molar-refractivity contribution >= 4 is 17.4 Å². The highest BCUT2D eigenvalue weighted by Gasteiger charge is 2.39. The van der Waals surface area contributed by atoms with Crippen molar-refractivity contribution in [3.8, 4) is 0 Å². The van der Waals surface area contributed by atoms with Gasteiger partial charge >= 0.3 is 0 Å². The third kappa shape index (κ3) is 4.41. The van der Waals surface area contributed by atoms with Crippen LogP contribution >= 0.6 is 0 Å². The van der Waals surface area contributed by atoms with Crippen LogP contribution in [0.2, 0.25) is 0 Å². The van der Waals surface area contributed by atoms with Gasteiger partial charge in [0.25, 0.3) is 5.91 Å².